The molecular formula is C32H34N6O2. The molecule has 2 heterocycles. The van der Waals surface area contributed by atoms with E-state index in [1.54, 1.807) is 7.11 Å². The van der Waals surface area contributed by atoms with Gasteiger partial charge in [0.05, 0.1) is 13.2 Å². The van der Waals surface area contributed by atoms with Gasteiger partial charge in [-0.15, -0.1) is 5.10 Å². The number of nitrogens with zero attached hydrogens (tertiary/aromatic N) is 5. The summed E-state index contributed by atoms with van der Waals surface area (Å²) in [6, 6.07) is 28.3. The summed E-state index contributed by atoms with van der Waals surface area (Å²) in [7, 11) is 1.65. The Kier molecular flexibility index (Phi) is 7.68. The first-order chi connectivity index (χ1) is 19.7. The van der Waals surface area contributed by atoms with Crippen LogP contribution in [0.1, 0.15) is 60.3 Å². The maximum absolute atomic E-state index is 13.8. The number of hydrogen-bond donors (Lipinski definition) is 1. The van der Waals surface area contributed by atoms with Crippen molar-refractivity contribution in [2.24, 2.45) is 0 Å². The fraction of sp³-hybridized carbons (Fsp3) is 0.312. The van der Waals surface area contributed by atoms with Crippen LogP contribution in [0.3, 0.4) is 0 Å². The number of aromatic amines is 1. The minimum Gasteiger partial charge on any atom is -0.497 e. The number of H-pyrrole nitrogens is 1. The zero-order chi connectivity index (χ0) is 27.3. The number of ether oxygens (including phenoxy) is 1. The van der Waals surface area contributed by atoms with E-state index in [1.165, 1.54) is 11.1 Å². The lowest BCUT2D eigenvalue weighted by atomic mass is 10.0. The van der Waals surface area contributed by atoms with Crippen LogP contribution >= 0.6 is 0 Å². The summed E-state index contributed by atoms with van der Waals surface area (Å²) in [4.78, 5) is 19.3. The maximum Gasteiger partial charge on any atom is 0.253 e. The summed E-state index contributed by atoms with van der Waals surface area (Å²) in [6.45, 7) is 1.36. The number of aromatic nitrogens is 5. The number of pyridine rings is 1. The Morgan fingerprint density at radius 3 is 2.42 bits per heavy atom. The standard InChI is InChI=1S/C32H34N6O2/c1-40-27-16-17-29-25(20-27)21-28(32(39)33-29)30(31-34-35-36-38(31)26-14-8-9-15-26)37(22-24-12-6-3-7-13-24)19-18-23-10-4-2-5-11-23/h2-7,10-13,16-17,20-21,26,30H,8-9,14-15,18-19,22H2,1H3,(H,33,39)/t30-/m1/s1. The van der Waals surface area contributed by atoms with E-state index in [0.717, 1.165) is 55.3 Å². The Labute approximate surface area is 233 Å². The van der Waals surface area contributed by atoms with Crippen molar-refractivity contribution in [1.29, 1.82) is 0 Å². The Morgan fingerprint density at radius 2 is 1.70 bits per heavy atom. The summed E-state index contributed by atoms with van der Waals surface area (Å²) in [5.74, 6) is 1.45. The number of methoxy groups -OCH3 is 1. The zero-order valence-corrected chi connectivity index (χ0v) is 22.7. The highest BCUT2D eigenvalue weighted by atomic mass is 16.5. The van der Waals surface area contributed by atoms with Gasteiger partial charge in [-0.3, -0.25) is 9.69 Å². The van der Waals surface area contributed by atoms with Gasteiger partial charge in [0, 0.05) is 29.6 Å². The van der Waals surface area contributed by atoms with Crippen LogP contribution in [0.4, 0.5) is 0 Å². The molecule has 1 aliphatic rings. The van der Waals surface area contributed by atoms with E-state index in [4.69, 9.17) is 4.74 Å². The zero-order valence-electron chi connectivity index (χ0n) is 22.7. The highest BCUT2D eigenvalue weighted by molar-refractivity contribution is 5.80. The van der Waals surface area contributed by atoms with Crippen LogP contribution < -0.4 is 10.3 Å². The molecule has 6 rings (SSSR count). The molecule has 204 valence electrons. The van der Waals surface area contributed by atoms with Crippen molar-refractivity contribution < 1.29 is 4.74 Å². The summed E-state index contributed by atoms with van der Waals surface area (Å²) < 4.78 is 7.47. The first-order valence-electron chi connectivity index (χ1n) is 14.0. The van der Waals surface area contributed by atoms with E-state index < -0.39 is 6.04 Å². The van der Waals surface area contributed by atoms with Crippen molar-refractivity contribution >= 4 is 10.9 Å². The minimum absolute atomic E-state index is 0.138. The lowest BCUT2D eigenvalue weighted by Gasteiger charge is -2.32. The number of rotatable bonds is 10. The van der Waals surface area contributed by atoms with Crippen molar-refractivity contribution in [1.82, 2.24) is 30.1 Å². The highest BCUT2D eigenvalue weighted by Crippen LogP contribution is 2.35. The lowest BCUT2D eigenvalue weighted by Crippen LogP contribution is -2.36. The topological polar surface area (TPSA) is 88.9 Å². The average molecular weight is 535 g/mol. The average Bonchev–Trinajstić information content (AvgIpc) is 3.70. The van der Waals surface area contributed by atoms with Crippen LogP contribution in [0.15, 0.2) is 89.7 Å². The van der Waals surface area contributed by atoms with Gasteiger partial charge < -0.3 is 9.72 Å². The van der Waals surface area contributed by atoms with Gasteiger partial charge >= 0.3 is 0 Å². The molecule has 1 saturated carbocycles. The molecule has 8 heteroatoms. The van der Waals surface area contributed by atoms with E-state index in [9.17, 15) is 4.79 Å². The van der Waals surface area contributed by atoms with Crippen molar-refractivity contribution in [3.05, 3.63) is 118 Å². The van der Waals surface area contributed by atoms with Crippen LogP contribution in [-0.2, 0) is 13.0 Å². The molecule has 1 aliphatic carbocycles. The molecule has 8 nitrogen and oxygen atoms in total. The maximum atomic E-state index is 13.8. The third-order valence-corrected chi connectivity index (χ3v) is 7.93. The molecular weight excluding hydrogens is 500 g/mol. The van der Waals surface area contributed by atoms with Crippen LogP contribution in [-0.4, -0.2) is 43.7 Å². The van der Waals surface area contributed by atoms with Crippen LogP contribution in [0, 0.1) is 0 Å². The second kappa shape index (κ2) is 11.8. The lowest BCUT2D eigenvalue weighted by molar-refractivity contribution is 0.201. The second-order valence-corrected chi connectivity index (χ2v) is 10.5. The van der Waals surface area contributed by atoms with E-state index >= 15 is 0 Å². The quantitative estimate of drug-likeness (QED) is 0.256. The minimum atomic E-state index is -0.445. The predicted molar refractivity (Wildman–Crippen MR) is 155 cm³/mol. The molecule has 1 fully saturated rings. The number of fused-ring (bicyclic) bond motifs is 1. The van der Waals surface area contributed by atoms with Crippen molar-refractivity contribution in [3.8, 4) is 5.75 Å². The number of tetrazole rings is 1. The third kappa shape index (κ3) is 5.53. The van der Waals surface area contributed by atoms with E-state index in [-0.39, 0.29) is 11.6 Å². The monoisotopic (exact) mass is 534 g/mol. The molecule has 0 amide bonds. The largest absolute Gasteiger partial charge is 0.497 e. The molecule has 1 N–H and O–H groups in total. The molecule has 40 heavy (non-hydrogen) atoms. The molecule has 0 bridgehead atoms. The van der Waals surface area contributed by atoms with Crippen molar-refractivity contribution in [3.63, 3.8) is 0 Å². The van der Waals surface area contributed by atoms with Gasteiger partial charge in [-0.05, 0) is 65.1 Å². The van der Waals surface area contributed by atoms with Gasteiger partial charge in [-0.1, -0.05) is 73.5 Å². The van der Waals surface area contributed by atoms with Gasteiger partial charge in [-0.2, -0.15) is 0 Å². The Morgan fingerprint density at radius 1 is 0.975 bits per heavy atom. The molecule has 0 spiro atoms. The van der Waals surface area contributed by atoms with E-state index in [1.807, 2.05) is 41.1 Å². The van der Waals surface area contributed by atoms with Gasteiger partial charge in [0.1, 0.15) is 11.8 Å². The Hall–Kier alpha value is -4.30. The first-order valence-corrected chi connectivity index (χ1v) is 14.0. The smallest absolute Gasteiger partial charge is 0.253 e. The van der Waals surface area contributed by atoms with Gasteiger partial charge in [0.2, 0.25) is 0 Å². The van der Waals surface area contributed by atoms with Gasteiger partial charge in [0.15, 0.2) is 5.82 Å². The van der Waals surface area contributed by atoms with Gasteiger partial charge in [0.25, 0.3) is 5.56 Å². The second-order valence-electron chi connectivity index (χ2n) is 10.5. The molecule has 0 unspecified atom stereocenters. The fourth-order valence-electron chi connectivity index (χ4n) is 5.85. The molecule has 0 radical (unpaired) electrons. The van der Waals surface area contributed by atoms with Crippen LogP contribution in [0.2, 0.25) is 0 Å². The van der Waals surface area contributed by atoms with Crippen molar-refractivity contribution in [2.45, 2.75) is 50.7 Å². The van der Waals surface area contributed by atoms with Crippen LogP contribution in [0.5, 0.6) is 5.75 Å². The van der Waals surface area contributed by atoms with Crippen molar-refractivity contribution in [2.75, 3.05) is 13.7 Å². The van der Waals surface area contributed by atoms with E-state index in [2.05, 4.69) is 73.9 Å². The highest BCUT2D eigenvalue weighted by Gasteiger charge is 2.33. The molecule has 3 aromatic carbocycles. The third-order valence-electron chi connectivity index (χ3n) is 7.93. The number of hydrogen-bond acceptors (Lipinski definition) is 6. The predicted octanol–water partition coefficient (Wildman–Crippen LogP) is 5.47. The summed E-state index contributed by atoms with van der Waals surface area (Å²) >= 11 is 0. The van der Waals surface area contributed by atoms with E-state index in [0.29, 0.717) is 17.9 Å². The molecule has 1 atom stereocenters. The van der Waals surface area contributed by atoms with Crippen LogP contribution in [0.25, 0.3) is 10.9 Å². The Bertz CT molecular complexity index is 1610. The molecule has 5 aromatic rings. The summed E-state index contributed by atoms with van der Waals surface area (Å²) in [5, 5.41) is 14.1. The number of benzene rings is 3. The normalized spacial score (nSPS) is 14.7. The molecule has 0 saturated heterocycles. The molecule has 0 aliphatic heterocycles. The molecule has 2 aromatic heterocycles. The fourth-order valence-corrected chi connectivity index (χ4v) is 5.85. The summed E-state index contributed by atoms with van der Waals surface area (Å²) in [5.41, 5.74) is 3.66. The van der Waals surface area contributed by atoms with Gasteiger partial charge in [-0.25, -0.2) is 4.68 Å². The SMILES string of the molecule is COc1ccc2[nH]c(=O)c([C@H](c3nnnn3C3CCCC3)N(CCc3ccccc3)Cc3ccccc3)cc2c1. The first kappa shape index (κ1) is 26.0. The summed E-state index contributed by atoms with van der Waals surface area (Å²) in [6.07, 6.45) is 5.23. The Balaban J connectivity index is 1.50. The number of nitrogens with one attached hydrogen (secondary N) is 1.